The van der Waals surface area contributed by atoms with Crippen LogP contribution in [0.15, 0.2) is 91.3 Å². The molecule has 1 aliphatic rings. The van der Waals surface area contributed by atoms with Gasteiger partial charge in [-0.25, -0.2) is 4.98 Å². The number of H-pyrrole nitrogens is 1. The number of hydrogen-bond acceptors (Lipinski definition) is 8. The molecule has 17 heteroatoms. The highest BCUT2D eigenvalue weighted by Crippen LogP contribution is 2.38. The van der Waals surface area contributed by atoms with Crippen LogP contribution in [0, 0.1) is 0 Å². The van der Waals surface area contributed by atoms with Crippen LogP contribution in [0.5, 0.6) is 0 Å². The summed E-state index contributed by atoms with van der Waals surface area (Å²) in [5.74, 6) is -5.25. The van der Waals surface area contributed by atoms with Gasteiger partial charge in [-0.3, -0.25) is 4.98 Å². The summed E-state index contributed by atoms with van der Waals surface area (Å²) in [5, 5.41) is 25.3. The molecule has 6 aromatic rings. The number of hydrogen-bond donors (Lipinski definition) is 2. The summed E-state index contributed by atoms with van der Waals surface area (Å²) in [6, 6.07) is 26.9. The molecule has 0 atom stereocenters. The van der Waals surface area contributed by atoms with Crippen LogP contribution in [0.1, 0.15) is 24.8 Å². The highest BCUT2D eigenvalue weighted by molar-refractivity contribution is 5.84. The molecule has 0 aliphatic heterocycles. The van der Waals surface area contributed by atoms with Crippen molar-refractivity contribution < 1.29 is 56.3 Å². The number of aromatic amines is 1. The second kappa shape index (κ2) is 13.9. The Bertz CT molecular complexity index is 2110. The minimum absolute atomic E-state index is 0.0497. The molecule has 4 N–H and O–H groups in total. The van der Waals surface area contributed by atoms with Crippen LogP contribution >= 0.6 is 0 Å². The van der Waals surface area contributed by atoms with E-state index in [1.54, 1.807) is 12.4 Å². The minimum Gasteiger partial charge on any atom is -0.542 e. The number of carboxylic acids is 2. The van der Waals surface area contributed by atoms with Crippen LogP contribution in [-0.4, -0.2) is 49.4 Å². The van der Waals surface area contributed by atoms with Crippen LogP contribution in [0.25, 0.3) is 50.7 Å². The summed E-state index contributed by atoms with van der Waals surface area (Å²) in [4.78, 5) is 32.1. The Morgan fingerprint density at radius 2 is 1.28 bits per heavy atom. The molecule has 4 aromatic heterocycles. The number of pyridine rings is 2. The first-order valence-corrected chi connectivity index (χ1v) is 14.7. The van der Waals surface area contributed by atoms with E-state index in [4.69, 9.17) is 29.8 Å². The van der Waals surface area contributed by atoms with Gasteiger partial charge in [-0.05, 0) is 29.7 Å². The third-order valence-corrected chi connectivity index (χ3v) is 7.77. The van der Waals surface area contributed by atoms with Gasteiger partial charge in [0.2, 0.25) is 5.65 Å². The van der Waals surface area contributed by atoms with Crippen molar-refractivity contribution in [3.05, 3.63) is 96.8 Å². The first-order valence-electron chi connectivity index (χ1n) is 14.7. The van der Waals surface area contributed by atoms with Gasteiger partial charge in [0.1, 0.15) is 28.7 Å². The van der Waals surface area contributed by atoms with E-state index in [9.17, 15) is 26.3 Å². The summed E-state index contributed by atoms with van der Waals surface area (Å²) in [7, 11) is 0. The number of carboxylic acid groups (broad SMARTS) is 2. The molecule has 1 fully saturated rings. The first-order chi connectivity index (χ1) is 23.6. The number of aliphatic carboxylic acids is 2. The SMILES string of the molecule is O=C([O-])C(F)(F)F.O=C([O-])C(F)(F)F.[NH3+]C1(c2ccc(-c3nc4c(ccc5[nH]nc(-c6ccncc6)[n+]54)nc3-c3ccccc3)cc2)CCC1. The maximum absolute atomic E-state index is 10.5. The average molecular weight is 698 g/mol. The van der Waals surface area contributed by atoms with E-state index < -0.39 is 24.3 Å². The molecule has 0 amide bonds. The summed E-state index contributed by atoms with van der Waals surface area (Å²) in [5.41, 5.74) is 12.9. The first kappa shape index (κ1) is 35.3. The van der Waals surface area contributed by atoms with Crippen molar-refractivity contribution in [2.45, 2.75) is 37.2 Å². The van der Waals surface area contributed by atoms with Gasteiger partial charge in [0, 0.05) is 53.6 Å². The second-order valence-corrected chi connectivity index (χ2v) is 11.1. The van der Waals surface area contributed by atoms with Crippen LogP contribution in [0.4, 0.5) is 26.3 Å². The maximum atomic E-state index is 10.5. The van der Waals surface area contributed by atoms with Gasteiger partial charge in [-0.2, -0.15) is 35.8 Å². The van der Waals surface area contributed by atoms with Crippen molar-refractivity contribution in [2.75, 3.05) is 0 Å². The van der Waals surface area contributed by atoms with Gasteiger partial charge < -0.3 is 25.5 Å². The molecule has 0 spiro atoms. The van der Waals surface area contributed by atoms with E-state index in [-0.39, 0.29) is 5.54 Å². The number of carbonyl (C=O) groups is 2. The van der Waals surface area contributed by atoms with Gasteiger partial charge in [0.25, 0.3) is 11.5 Å². The fraction of sp³-hybridized carbons (Fsp3) is 0.182. The number of nitrogens with one attached hydrogen (secondary N) is 1. The van der Waals surface area contributed by atoms with Crippen molar-refractivity contribution in [1.82, 2.24) is 25.1 Å². The summed E-state index contributed by atoms with van der Waals surface area (Å²) in [6.45, 7) is 0. The van der Waals surface area contributed by atoms with Gasteiger partial charge in [-0.1, -0.05) is 54.6 Å². The lowest BCUT2D eigenvalue weighted by Gasteiger charge is -2.34. The van der Waals surface area contributed by atoms with Crippen LogP contribution in [-0.2, 0) is 15.1 Å². The number of fused-ring (bicyclic) bond motifs is 3. The molecule has 1 aliphatic carbocycles. The third kappa shape index (κ3) is 7.67. The Morgan fingerprint density at radius 3 is 1.80 bits per heavy atom. The van der Waals surface area contributed by atoms with Crippen molar-refractivity contribution in [1.29, 1.82) is 0 Å². The van der Waals surface area contributed by atoms with E-state index >= 15 is 0 Å². The Balaban J connectivity index is 0.000000295. The van der Waals surface area contributed by atoms with E-state index in [1.807, 2.05) is 46.9 Å². The minimum atomic E-state index is -5.19. The number of rotatable bonds is 4. The highest BCUT2D eigenvalue weighted by Gasteiger charge is 2.38. The zero-order valence-corrected chi connectivity index (χ0v) is 25.6. The summed E-state index contributed by atoms with van der Waals surface area (Å²) in [6.07, 6.45) is -3.32. The number of alkyl halides is 6. The maximum Gasteiger partial charge on any atom is 0.430 e. The molecule has 0 saturated heterocycles. The number of benzene rings is 2. The number of carbonyl (C=O) groups excluding carboxylic acids is 2. The predicted octanol–water partition coefficient (Wildman–Crippen LogP) is 2.71. The number of halogens is 6. The third-order valence-electron chi connectivity index (χ3n) is 7.77. The van der Waals surface area contributed by atoms with Gasteiger partial charge >= 0.3 is 12.4 Å². The van der Waals surface area contributed by atoms with Crippen molar-refractivity contribution >= 4 is 28.7 Å². The smallest absolute Gasteiger partial charge is 0.430 e. The lowest BCUT2D eigenvalue weighted by atomic mass is 9.72. The molecule has 0 unspecified atom stereocenters. The summed E-state index contributed by atoms with van der Waals surface area (Å²) < 4.78 is 65.1. The Labute approximate surface area is 278 Å². The molecule has 1 saturated carbocycles. The quantitative estimate of drug-likeness (QED) is 0.209. The van der Waals surface area contributed by atoms with Crippen molar-refractivity contribution in [2.24, 2.45) is 0 Å². The fourth-order valence-electron chi connectivity index (χ4n) is 5.09. The average Bonchev–Trinajstić information content (AvgIpc) is 3.52. The monoisotopic (exact) mass is 697 g/mol. The normalized spacial score (nSPS) is 13.7. The van der Waals surface area contributed by atoms with Crippen LogP contribution in [0.3, 0.4) is 0 Å². The van der Waals surface area contributed by atoms with Crippen LogP contribution in [0.2, 0.25) is 0 Å². The fourth-order valence-corrected chi connectivity index (χ4v) is 5.09. The van der Waals surface area contributed by atoms with Gasteiger partial charge in [0.15, 0.2) is 5.69 Å². The molecule has 2 aromatic carbocycles. The van der Waals surface area contributed by atoms with E-state index in [0.29, 0.717) is 0 Å². The van der Waals surface area contributed by atoms with Crippen molar-refractivity contribution in [3.8, 4) is 33.9 Å². The molecular weight excluding hydrogens is 672 g/mol. The van der Waals surface area contributed by atoms with E-state index in [1.165, 1.54) is 12.0 Å². The number of nitrogens with zero attached hydrogens (tertiary/aromatic N) is 5. The Hall–Kier alpha value is -5.97. The zero-order valence-electron chi connectivity index (χ0n) is 25.6. The predicted molar refractivity (Wildman–Crippen MR) is 159 cm³/mol. The van der Waals surface area contributed by atoms with E-state index in [0.717, 1.165) is 63.6 Å². The second-order valence-electron chi connectivity index (χ2n) is 11.1. The van der Waals surface area contributed by atoms with Crippen molar-refractivity contribution in [3.63, 3.8) is 0 Å². The molecule has 7 rings (SSSR count). The molecular formula is C33H25F6N7O4. The highest BCUT2D eigenvalue weighted by atomic mass is 19.4. The van der Waals surface area contributed by atoms with E-state index in [2.05, 4.69) is 57.3 Å². The Morgan fingerprint density at radius 1 is 0.740 bits per heavy atom. The largest absolute Gasteiger partial charge is 0.542 e. The standard InChI is InChI=1S/C29H23N7.2C2HF3O2/c30-29(15-4-16-29)22-9-7-20(8-10-22)26-25(19-5-2-1-3-6-19)32-23-11-12-24-34-35-27(36(24)28(23)33-26)21-13-17-31-18-14-21;2*3-2(4,5)1(6)7/h1-3,5-14,17-18H,4,15-16,30H2;2*(H,6,7). The lowest BCUT2D eigenvalue weighted by molar-refractivity contribution is -0.509. The Kier molecular flexibility index (Phi) is 9.80. The van der Waals surface area contributed by atoms with Gasteiger partial charge in [0.05, 0.1) is 0 Å². The zero-order chi connectivity index (χ0) is 36.3. The summed E-state index contributed by atoms with van der Waals surface area (Å²) >= 11 is 0. The molecule has 4 heterocycles. The molecule has 0 bridgehead atoms. The van der Waals surface area contributed by atoms with Gasteiger partial charge in [-0.15, -0.1) is 4.98 Å². The molecule has 50 heavy (non-hydrogen) atoms. The molecule has 11 nitrogen and oxygen atoms in total. The molecule has 258 valence electrons. The lowest BCUT2D eigenvalue weighted by Crippen LogP contribution is -2.73. The molecule has 0 radical (unpaired) electrons. The number of aromatic nitrogens is 6. The topological polar surface area (TPSA) is 179 Å². The van der Waals surface area contributed by atoms with Crippen LogP contribution < -0.4 is 20.3 Å². The number of quaternary nitrogens is 1.